The first-order chi connectivity index (χ1) is 15.2. The molecule has 0 aliphatic heterocycles. The van der Waals surface area contributed by atoms with Gasteiger partial charge < -0.3 is 16.8 Å². The number of halogens is 1. The van der Waals surface area contributed by atoms with Gasteiger partial charge in [0.1, 0.15) is 16.7 Å². The molecule has 0 aliphatic rings. The number of nitrogen functional groups attached to an aromatic ring is 1. The third kappa shape index (κ3) is 4.75. The number of anilines is 2. The standard InChI is InChI=1S/C22H22FN5O3S/c1-12-5-3-4-6-16(12)28(22(31)19-17(24)18(20(25)29)27-32-19)13(2)21(30)26-11-14-7-9-15(23)10-8-14/h3-10,13H,11,24H2,1-2H3,(H2,25,29)(H,26,30). The van der Waals surface area contributed by atoms with Gasteiger partial charge in [-0.25, -0.2) is 4.39 Å². The molecule has 0 bridgehead atoms. The molecule has 166 valence electrons. The lowest BCUT2D eigenvalue weighted by Gasteiger charge is -2.29. The molecule has 0 saturated carbocycles. The molecule has 1 heterocycles. The van der Waals surface area contributed by atoms with E-state index in [-0.39, 0.29) is 28.6 Å². The van der Waals surface area contributed by atoms with Crippen LogP contribution >= 0.6 is 11.5 Å². The first-order valence-electron chi connectivity index (χ1n) is 9.67. The third-order valence-corrected chi connectivity index (χ3v) is 5.75. The summed E-state index contributed by atoms with van der Waals surface area (Å²) in [6.07, 6.45) is 0. The number of aryl methyl sites for hydroxylation is 1. The van der Waals surface area contributed by atoms with Gasteiger partial charge in [0.25, 0.3) is 11.8 Å². The molecule has 3 aromatic rings. The molecule has 2 aromatic carbocycles. The fourth-order valence-corrected chi connectivity index (χ4v) is 3.86. The fraction of sp³-hybridized carbons (Fsp3) is 0.182. The lowest BCUT2D eigenvalue weighted by Crippen LogP contribution is -2.48. The summed E-state index contributed by atoms with van der Waals surface area (Å²) in [6.45, 7) is 3.55. The van der Waals surface area contributed by atoms with Crippen LogP contribution < -0.4 is 21.7 Å². The van der Waals surface area contributed by atoms with E-state index in [1.807, 2.05) is 19.1 Å². The van der Waals surface area contributed by atoms with Crippen molar-refractivity contribution in [1.29, 1.82) is 0 Å². The number of carbonyl (C=O) groups excluding carboxylic acids is 3. The van der Waals surface area contributed by atoms with E-state index in [0.717, 1.165) is 17.1 Å². The van der Waals surface area contributed by atoms with E-state index < -0.39 is 23.8 Å². The Morgan fingerprint density at radius 3 is 2.41 bits per heavy atom. The number of nitrogens with zero attached hydrogens (tertiary/aromatic N) is 2. The van der Waals surface area contributed by atoms with Gasteiger partial charge in [0.05, 0.1) is 5.69 Å². The van der Waals surface area contributed by atoms with Crippen LogP contribution in [0.4, 0.5) is 15.8 Å². The molecule has 3 amide bonds. The van der Waals surface area contributed by atoms with Crippen molar-refractivity contribution in [1.82, 2.24) is 9.69 Å². The topological polar surface area (TPSA) is 131 Å². The summed E-state index contributed by atoms with van der Waals surface area (Å²) in [6, 6.07) is 11.9. The van der Waals surface area contributed by atoms with E-state index in [0.29, 0.717) is 11.3 Å². The molecule has 0 aliphatic carbocycles. The van der Waals surface area contributed by atoms with Gasteiger partial charge in [-0.3, -0.25) is 19.3 Å². The van der Waals surface area contributed by atoms with Gasteiger partial charge in [-0.1, -0.05) is 30.3 Å². The Kier molecular flexibility index (Phi) is 6.84. The van der Waals surface area contributed by atoms with Crippen LogP contribution in [0.2, 0.25) is 0 Å². The van der Waals surface area contributed by atoms with Crippen LogP contribution in [0.3, 0.4) is 0 Å². The van der Waals surface area contributed by atoms with Crippen LogP contribution in [0.25, 0.3) is 0 Å². The van der Waals surface area contributed by atoms with E-state index in [1.165, 1.54) is 17.0 Å². The first kappa shape index (κ1) is 22.9. The number of benzene rings is 2. The zero-order valence-corrected chi connectivity index (χ0v) is 18.3. The molecule has 1 atom stereocenters. The first-order valence-corrected chi connectivity index (χ1v) is 10.4. The van der Waals surface area contributed by atoms with Crippen molar-refractivity contribution in [3.63, 3.8) is 0 Å². The normalized spacial score (nSPS) is 11.6. The fourth-order valence-electron chi connectivity index (χ4n) is 3.12. The minimum absolute atomic E-state index is 0.0141. The zero-order chi connectivity index (χ0) is 23.4. The van der Waals surface area contributed by atoms with Crippen LogP contribution in [0, 0.1) is 12.7 Å². The molecule has 32 heavy (non-hydrogen) atoms. The maximum atomic E-state index is 13.5. The average Bonchev–Trinajstić information content (AvgIpc) is 3.16. The van der Waals surface area contributed by atoms with Crippen LogP contribution in [0.1, 0.15) is 38.2 Å². The van der Waals surface area contributed by atoms with E-state index in [2.05, 4.69) is 9.69 Å². The number of nitrogens with two attached hydrogens (primary N) is 2. The zero-order valence-electron chi connectivity index (χ0n) is 17.5. The number of nitrogens with one attached hydrogen (secondary N) is 1. The number of rotatable bonds is 7. The van der Waals surface area contributed by atoms with E-state index in [9.17, 15) is 18.8 Å². The average molecular weight is 456 g/mol. The smallest absolute Gasteiger partial charge is 0.272 e. The van der Waals surface area contributed by atoms with Crippen molar-refractivity contribution in [3.8, 4) is 0 Å². The molecule has 0 fully saturated rings. The van der Waals surface area contributed by atoms with Crippen LogP contribution in [0.5, 0.6) is 0 Å². The number of aromatic nitrogens is 1. The summed E-state index contributed by atoms with van der Waals surface area (Å²) in [5.74, 6) is -2.22. The minimum atomic E-state index is -0.928. The highest BCUT2D eigenvalue weighted by molar-refractivity contribution is 7.09. The summed E-state index contributed by atoms with van der Waals surface area (Å²) in [5, 5.41) is 2.76. The van der Waals surface area contributed by atoms with Gasteiger partial charge in [-0.05, 0) is 54.7 Å². The molecule has 1 aromatic heterocycles. The number of hydrogen-bond donors (Lipinski definition) is 3. The van der Waals surface area contributed by atoms with Crippen LogP contribution in [-0.4, -0.2) is 28.1 Å². The van der Waals surface area contributed by atoms with E-state index in [4.69, 9.17) is 11.5 Å². The minimum Gasteiger partial charge on any atom is -0.395 e. The maximum absolute atomic E-state index is 13.5. The highest BCUT2D eigenvalue weighted by Gasteiger charge is 2.32. The van der Waals surface area contributed by atoms with Crippen molar-refractivity contribution < 1.29 is 18.8 Å². The summed E-state index contributed by atoms with van der Waals surface area (Å²) >= 11 is 0.748. The summed E-state index contributed by atoms with van der Waals surface area (Å²) < 4.78 is 17.0. The third-order valence-electron chi connectivity index (χ3n) is 4.90. The van der Waals surface area contributed by atoms with Crippen molar-refractivity contribution in [2.45, 2.75) is 26.4 Å². The van der Waals surface area contributed by atoms with Crippen molar-refractivity contribution in [2.24, 2.45) is 5.73 Å². The maximum Gasteiger partial charge on any atom is 0.272 e. The molecule has 0 radical (unpaired) electrons. The number of carbonyl (C=O) groups is 3. The Morgan fingerprint density at radius 1 is 1.16 bits per heavy atom. The molecule has 1 unspecified atom stereocenters. The van der Waals surface area contributed by atoms with Gasteiger partial charge in [-0.2, -0.15) is 4.37 Å². The Morgan fingerprint density at radius 2 is 1.81 bits per heavy atom. The van der Waals surface area contributed by atoms with Crippen LogP contribution in [-0.2, 0) is 11.3 Å². The molecule has 10 heteroatoms. The lowest BCUT2D eigenvalue weighted by molar-refractivity contribution is -0.122. The van der Waals surface area contributed by atoms with Gasteiger partial charge in [0.15, 0.2) is 5.69 Å². The van der Waals surface area contributed by atoms with Crippen molar-refractivity contribution in [2.75, 3.05) is 10.6 Å². The number of amides is 3. The van der Waals surface area contributed by atoms with Gasteiger partial charge in [0.2, 0.25) is 5.91 Å². The Bertz CT molecular complexity index is 1160. The van der Waals surface area contributed by atoms with Crippen molar-refractivity contribution in [3.05, 3.63) is 76.0 Å². The molecular weight excluding hydrogens is 433 g/mol. The summed E-state index contributed by atoms with van der Waals surface area (Å²) in [4.78, 5) is 39.2. The highest BCUT2D eigenvalue weighted by atomic mass is 32.1. The molecule has 5 N–H and O–H groups in total. The van der Waals surface area contributed by atoms with Gasteiger partial charge >= 0.3 is 0 Å². The Labute approximate surface area is 188 Å². The number of para-hydroxylation sites is 1. The molecule has 0 saturated heterocycles. The predicted molar refractivity (Wildman–Crippen MR) is 121 cm³/mol. The SMILES string of the molecule is Cc1ccccc1N(C(=O)c1snc(C(N)=O)c1N)C(C)C(=O)NCc1ccc(F)cc1. The summed E-state index contributed by atoms with van der Waals surface area (Å²) in [7, 11) is 0. The lowest BCUT2D eigenvalue weighted by atomic mass is 10.1. The Balaban J connectivity index is 1.91. The van der Waals surface area contributed by atoms with Gasteiger partial charge in [-0.15, -0.1) is 0 Å². The quantitative estimate of drug-likeness (QED) is 0.504. The second kappa shape index (κ2) is 9.56. The second-order valence-electron chi connectivity index (χ2n) is 7.12. The number of primary amides is 1. The number of hydrogen-bond acceptors (Lipinski definition) is 6. The molecule has 8 nitrogen and oxygen atoms in total. The molecular formula is C22H22FN5O3S. The van der Waals surface area contributed by atoms with Crippen LogP contribution in [0.15, 0.2) is 48.5 Å². The van der Waals surface area contributed by atoms with Gasteiger partial charge in [0, 0.05) is 12.2 Å². The second-order valence-corrected chi connectivity index (χ2v) is 7.89. The Hall–Kier alpha value is -3.79. The molecule has 3 rings (SSSR count). The largest absolute Gasteiger partial charge is 0.395 e. The van der Waals surface area contributed by atoms with E-state index in [1.54, 1.807) is 31.2 Å². The molecule has 0 spiro atoms. The predicted octanol–water partition coefficient (Wildman–Crippen LogP) is 2.62. The van der Waals surface area contributed by atoms with Crippen molar-refractivity contribution >= 4 is 40.6 Å². The monoisotopic (exact) mass is 455 g/mol. The summed E-state index contributed by atoms with van der Waals surface area (Å²) in [5.41, 5.74) is 12.9. The highest BCUT2D eigenvalue weighted by Crippen LogP contribution is 2.29. The van der Waals surface area contributed by atoms with E-state index >= 15 is 0 Å².